The molecule has 4 aliphatic carbocycles. The van der Waals surface area contributed by atoms with Gasteiger partial charge in [0.25, 0.3) is 0 Å². The molecule has 6 heteroatoms. The molecular formula is C16H24N4OS. The number of aromatic nitrogens is 3. The highest BCUT2D eigenvalue weighted by molar-refractivity contribution is 7.99. The molecule has 5 rings (SSSR count). The molecule has 0 atom stereocenters. The fourth-order valence-corrected chi connectivity index (χ4v) is 6.35. The van der Waals surface area contributed by atoms with E-state index < -0.39 is 0 Å². The first-order valence-electron chi connectivity index (χ1n) is 8.29. The first kappa shape index (κ1) is 14.5. The van der Waals surface area contributed by atoms with E-state index >= 15 is 0 Å². The zero-order valence-corrected chi connectivity index (χ0v) is 14.2. The fourth-order valence-electron chi connectivity index (χ4n) is 5.30. The molecule has 0 aliphatic heterocycles. The van der Waals surface area contributed by atoms with Crippen LogP contribution in [-0.2, 0) is 0 Å². The Morgan fingerprint density at radius 1 is 1.27 bits per heavy atom. The van der Waals surface area contributed by atoms with Crippen LogP contribution in [0.4, 0.5) is 4.79 Å². The largest absolute Gasteiger partial charge is 0.345 e. The Labute approximate surface area is 135 Å². The number of carbonyl (C=O) groups is 1. The average Bonchev–Trinajstić information content (AvgIpc) is 2.91. The molecule has 0 aromatic carbocycles. The standard InChI is InChI=1S/C16H24N4OS/c1-19(2)15(21)20-10-17-14(18-20)22-9-16-6-11-3-12(7-16)5-13(4-11)8-16/h10-13H,3-9H2,1-2H3. The highest BCUT2D eigenvalue weighted by atomic mass is 32.2. The van der Waals surface area contributed by atoms with E-state index in [2.05, 4.69) is 10.1 Å². The molecule has 4 saturated carbocycles. The second-order valence-electron chi connectivity index (χ2n) is 7.85. The first-order valence-corrected chi connectivity index (χ1v) is 9.28. The molecule has 4 aliphatic rings. The molecule has 4 fully saturated rings. The van der Waals surface area contributed by atoms with Crippen molar-refractivity contribution in [2.75, 3.05) is 19.8 Å². The van der Waals surface area contributed by atoms with E-state index in [1.165, 1.54) is 54.4 Å². The normalized spacial score (nSPS) is 35.8. The summed E-state index contributed by atoms with van der Waals surface area (Å²) in [7, 11) is 3.46. The van der Waals surface area contributed by atoms with Crippen molar-refractivity contribution in [1.29, 1.82) is 0 Å². The molecule has 1 heterocycles. The average molecular weight is 320 g/mol. The molecule has 0 radical (unpaired) electrons. The van der Waals surface area contributed by atoms with Crippen LogP contribution < -0.4 is 0 Å². The molecule has 120 valence electrons. The molecule has 5 nitrogen and oxygen atoms in total. The molecule has 1 aromatic heterocycles. The predicted molar refractivity (Wildman–Crippen MR) is 85.8 cm³/mol. The van der Waals surface area contributed by atoms with Gasteiger partial charge in [-0.1, -0.05) is 11.8 Å². The van der Waals surface area contributed by atoms with Crippen LogP contribution in [0, 0.1) is 23.2 Å². The summed E-state index contributed by atoms with van der Waals surface area (Å²) in [5.74, 6) is 4.06. The summed E-state index contributed by atoms with van der Waals surface area (Å²) in [6.07, 6.45) is 10.2. The molecule has 0 unspecified atom stereocenters. The zero-order valence-electron chi connectivity index (χ0n) is 13.4. The Balaban J connectivity index is 1.42. The summed E-state index contributed by atoms with van der Waals surface area (Å²) >= 11 is 1.75. The molecule has 4 bridgehead atoms. The van der Waals surface area contributed by atoms with Crippen LogP contribution in [0.3, 0.4) is 0 Å². The van der Waals surface area contributed by atoms with Crippen LogP contribution in [0.2, 0.25) is 0 Å². The van der Waals surface area contributed by atoms with Crippen molar-refractivity contribution < 1.29 is 4.79 Å². The number of rotatable bonds is 3. The van der Waals surface area contributed by atoms with Crippen molar-refractivity contribution in [1.82, 2.24) is 19.7 Å². The summed E-state index contributed by atoms with van der Waals surface area (Å²) in [5.41, 5.74) is 0.524. The van der Waals surface area contributed by atoms with Gasteiger partial charge in [0, 0.05) is 19.8 Å². The molecule has 0 saturated heterocycles. The second kappa shape index (κ2) is 5.25. The maximum atomic E-state index is 11.9. The lowest BCUT2D eigenvalue weighted by Crippen LogP contribution is -2.47. The van der Waals surface area contributed by atoms with E-state index in [4.69, 9.17) is 0 Å². The summed E-state index contributed by atoms with van der Waals surface area (Å²) in [6.45, 7) is 0. The number of carbonyl (C=O) groups excluding carboxylic acids is 1. The molecule has 1 amide bonds. The number of thioether (sulfide) groups is 1. The maximum Gasteiger partial charge on any atom is 0.345 e. The third kappa shape index (κ3) is 2.55. The van der Waals surface area contributed by atoms with Crippen molar-refractivity contribution in [3.63, 3.8) is 0 Å². The van der Waals surface area contributed by atoms with E-state index in [-0.39, 0.29) is 6.03 Å². The number of nitrogens with zero attached hydrogens (tertiary/aromatic N) is 4. The lowest BCUT2D eigenvalue weighted by Gasteiger charge is -2.56. The minimum atomic E-state index is -0.144. The van der Waals surface area contributed by atoms with E-state index in [9.17, 15) is 4.79 Å². The van der Waals surface area contributed by atoms with E-state index in [0.717, 1.165) is 28.7 Å². The minimum absolute atomic E-state index is 0.144. The van der Waals surface area contributed by atoms with E-state index in [1.54, 1.807) is 25.9 Å². The van der Waals surface area contributed by atoms with Crippen LogP contribution >= 0.6 is 11.8 Å². The first-order chi connectivity index (χ1) is 10.5. The number of hydrogen-bond acceptors (Lipinski definition) is 4. The highest BCUT2D eigenvalue weighted by Crippen LogP contribution is 2.61. The Morgan fingerprint density at radius 3 is 2.41 bits per heavy atom. The van der Waals surface area contributed by atoms with Crippen molar-refractivity contribution in [3.8, 4) is 0 Å². The topological polar surface area (TPSA) is 51.0 Å². The van der Waals surface area contributed by atoms with Crippen LogP contribution in [0.25, 0.3) is 0 Å². The summed E-state index contributed by atoms with van der Waals surface area (Å²) < 4.78 is 1.34. The maximum absolute atomic E-state index is 11.9. The Kier molecular flexibility index (Phi) is 3.47. The Hall–Kier alpha value is -1.04. The van der Waals surface area contributed by atoms with Gasteiger partial charge >= 0.3 is 6.03 Å². The van der Waals surface area contributed by atoms with Crippen LogP contribution in [0.15, 0.2) is 11.5 Å². The molecule has 22 heavy (non-hydrogen) atoms. The van der Waals surface area contributed by atoms with Gasteiger partial charge in [0.05, 0.1) is 0 Å². The molecular weight excluding hydrogens is 296 g/mol. The van der Waals surface area contributed by atoms with Crippen molar-refractivity contribution in [2.45, 2.75) is 43.7 Å². The number of amides is 1. The van der Waals surface area contributed by atoms with Crippen LogP contribution in [-0.4, -0.2) is 45.5 Å². The van der Waals surface area contributed by atoms with Gasteiger partial charge in [-0.05, 0) is 61.7 Å². The SMILES string of the molecule is CN(C)C(=O)n1cnc(SCC23CC4CC(CC(C4)C2)C3)n1. The monoisotopic (exact) mass is 320 g/mol. The third-order valence-corrected chi connectivity index (χ3v) is 6.92. The van der Waals surface area contributed by atoms with E-state index in [1.807, 2.05) is 0 Å². The smallest absolute Gasteiger partial charge is 0.329 e. The van der Waals surface area contributed by atoms with Gasteiger partial charge in [0.2, 0.25) is 5.16 Å². The van der Waals surface area contributed by atoms with Gasteiger partial charge in [0.1, 0.15) is 6.33 Å². The highest BCUT2D eigenvalue weighted by Gasteiger charge is 2.50. The van der Waals surface area contributed by atoms with Gasteiger partial charge in [-0.15, -0.1) is 5.10 Å². The van der Waals surface area contributed by atoms with Gasteiger partial charge in [0.15, 0.2) is 0 Å². The van der Waals surface area contributed by atoms with Crippen molar-refractivity contribution >= 4 is 17.8 Å². The summed E-state index contributed by atoms with van der Waals surface area (Å²) in [5, 5.41) is 5.07. The summed E-state index contributed by atoms with van der Waals surface area (Å²) in [4.78, 5) is 17.7. The zero-order chi connectivity index (χ0) is 15.3. The van der Waals surface area contributed by atoms with E-state index in [0.29, 0.717) is 5.41 Å². The lowest BCUT2D eigenvalue weighted by molar-refractivity contribution is -0.0381. The van der Waals surface area contributed by atoms with Gasteiger partial charge in [-0.3, -0.25) is 0 Å². The minimum Gasteiger partial charge on any atom is -0.329 e. The van der Waals surface area contributed by atoms with Crippen molar-refractivity contribution in [2.24, 2.45) is 23.2 Å². The van der Waals surface area contributed by atoms with Crippen molar-refractivity contribution in [3.05, 3.63) is 6.33 Å². The van der Waals surface area contributed by atoms with Gasteiger partial charge in [-0.2, -0.15) is 4.68 Å². The third-order valence-electron chi connectivity index (χ3n) is 5.72. The van der Waals surface area contributed by atoms with Crippen LogP contribution in [0.5, 0.6) is 0 Å². The Morgan fingerprint density at radius 2 is 1.86 bits per heavy atom. The summed E-state index contributed by atoms with van der Waals surface area (Å²) in [6, 6.07) is -0.144. The molecule has 0 spiro atoms. The van der Waals surface area contributed by atoms with Crippen LogP contribution in [0.1, 0.15) is 38.5 Å². The van der Waals surface area contributed by atoms with Gasteiger partial charge < -0.3 is 4.90 Å². The fraction of sp³-hybridized carbons (Fsp3) is 0.812. The molecule has 0 N–H and O–H groups in total. The molecule has 1 aromatic rings. The second-order valence-corrected chi connectivity index (χ2v) is 8.80. The lowest BCUT2D eigenvalue weighted by atomic mass is 9.50. The quantitative estimate of drug-likeness (QED) is 0.803. The number of hydrogen-bond donors (Lipinski definition) is 0. The Bertz CT molecular complexity index is 547. The predicted octanol–water partition coefficient (Wildman–Crippen LogP) is 3.12. The van der Waals surface area contributed by atoms with Gasteiger partial charge in [-0.25, -0.2) is 9.78 Å².